The molecule has 0 aliphatic carbocycles. The number of hydrogen-bond donors (Lipinski definition) is 4. The third-order valence-corrected chi connectivity index (χ3v) is 9.63. The van der Waals surface area contributed by atoms with Gasteiger partial charge in [-0.25, -0.2) is 13.4 Å². The molecule has 12 heteroatoms. The number of rotatable bonds is 16. The predicted octanol–water partition coefficient (Wildman–Crippen LogP) is 3.06. The zero-order chi connectivity index (χ0) is 32.4. The van der Waals surface area contributed by atoms with Crippen molar-refractivity contribution >= 4 is 27.7 Å². The Bertz CT molecular complexity index is 1510. The molecule has 45 heavy (non-hydrogen) atoms. The second kappa shape index (κ2) is 15.9. The molecular weight excluding hydrogens is 594 g/mol. The van der Waals surface area contributed by atoms with Crippen LogP contribution in [-0.2, 0) is 30.8 Å². The van der Waals surface area contributed by atoms with Crippen molar-refractivity contribution in [1.29, 1.82) is 0 Å². The molecule has 0 spiro atoms. The Balaban J connectivity index is 1.29. The van der Waals surface area contributed by atoms with Gasteiger partial charge < -0.3 is 20.5 Å². The molecule has 242 valence electrons. The summed E-state index contributed by atoms with van der Waals surface area (Å²) < 4.78 is 34.4. The van der Waals surface area contributed by atoms with Crippen LogP contribution in [0.1, 0.15) is 35.1 Å². The Kier molecular flexibility index (Phi) is 12.1. The van der Waals surface area contributed by atoms with Crippen LogP contribution in [0, 0.1) is 20.8 Å². The number of benzene rings is 2. The van der Waals surface area contributed by atoms with E-state index in [9.17, 15) is 23.1 Å². The molecule has 2 aromatic carbocycles. The van der Waals surface area contributed by atoms with Crippen LogP contribution in [0.5, 0.6) is 0 Å². The van der Waals surface area contributed by atoms with Crippen molar-refractivity contribution in [2.24, 2.45) is 0 Å². The number of aliphatic carboxylic acids is 1. The van der Waals surface area contributed by atoms with E-state index in [1.807, 2.05) is 43.3 Å². The fourth-order valence-corrected chi connectivity index (χ4v) is 7.48. The SMILES string of the molecule is Cc1cc(C)c(S(=O)(=O)N[C@@H](CNC(=O)CO[C@@H]2C[C@@H](CNc3ccccn3)N(CCCc3ccccc3)C2)C(=O)O)c(C)c1. The van der Waals surface area contributed by atoms with Crippen LogP contribution in [0.2, 0.25) is 0 Å². The van der Waals surface area contributed by atoms with E-state index >= 15 is 0 Å². The van der Waals surface area contributed by atoms with E-state index in [0.29, 0.717) is 30.6 Å². The lowest BCUT2D eigenvalue weighted by Crippen LogP contribution is -2.49. The van der Waals surface area contributed by atoms with Gasteiger partial charge in [0.15, 0.2) is 0 Å². The first-order valence-electron chi connectivity index (χ1n) is 15.2. The molecule has 3 atom stereocenters. The minimum atomic E-state index is -4.15. The Labute approximate surface area is 265 Å². The van der Waals surface area contributed by atoms with Gasteiger partial charge in [-0.2, -0.15) is 4.72 Å². The van der Waals surface area contributed by atoms with Crippen LogP contribution in [0.4, 0.5) is 5.82 Å². The van der Waals surface area contributed by atoms with Gasteiger partial charge in [0.25, 0.3) is 0 Å². The van der Waals surface area contributed by atoms with Crippen molar-refractivity contribution in [2.75, 3.05) is 38.1 Å². The highest BCUT2D eigenvalue weighted by Crippen LogP contribution is 2.23. The molecule has 1 amide bonds. The van der Waals surface area contributed by atoms with Crippen LogP contribution in [-0.4, -0.2) is 86.3 Å². The number of likely N-dealkylation sites (tertiary alicyclic amines) is 1. The second-order valence-corrected chi connectivity index (χ2v) is 13.2. The lowest BCUT2D eigenvalue weighted by atomic mass is 10.1. The lowest BCUT2D eigenvalue weighted by Gasteiger charge is -2.24. The number of carboxylic acid groups (broad SMARTS) is 1. The summed E-state index contributed by atoms with van der Waals surface area (Å²) in [6.07, 6.45) is 4.20. The molecule has 3 aromatic rings. The van der Waals surface area contributed by atoms with Crippen molar-refractivity contribution < 1.29 is 27.9 Å². The first-order chi connectivity index (χ1) is 21.5. The number of hydrogen-bond acceptors (Lipinski definition) is 8. The van der Waals surface area contributed by atoms with E-state index in [-0.39, 0.29) is 23.6 Å². The summed E-state index contributed by atoms with van der Waals surface area (Å²) in [4.78, 5) is 31.3. The van der Waals surface area contributed by atoms with E-state index < -0.39 is 34.5 Å². The van der Waals surface area contributed by atoms with Crippen LogP contribution >= 0.6 is 0 Å². The molecule has 1 fully saturated rings. The maximum atomic E-state index is 13.1. The fraction of sp³-hybridized carbons (Fsp3) is 0.424. The molecule has 11 nitrogen and oxygen atoms in total. The molecule has 2 heterocycles. The number of anilines is 1. The summed E-state index contributed by atoms with van der Waals surface area (Å²) in [5.41, 5.74) is 3.22. The van der Waals surface area contributed by atoms with Crippen molar-refractivity contribution in [3.05, 3.63) is 89.1 Å². The lowest BCUT2D eigenvalue weighted by molar-refractivity contribution is -0.139. The van der Waals surface area contributed by atoms with Crippen molar-refractivity contribution in [3.8, 4) is 0 Å². The van der Waals surface area contributed by atoms with Crippen LogP contribution in [0.15, 0.2) is 71.8 Å². The number of aromatic nitrogens is 1. The van der Waals surface area contributed by atoms with E-state index in [1.54, 1.807) is 32.2 Å². The minimum absolute atomic E-state index is 0.0376. The van der Waals surface area contributed by atoms with Gasteiger partial charge >= 0.3 is 5.97 Å². The third-order valence-electron chi connectivity index (χ3n) is 7.85. The number of sulfonamides is 1. The summed E-state index contributed by atoms with van der Waals surface area (Å²) in [5.74, 6) is -1.12. The number of pyridine rings is 1. The number of carboxylic acids is 1. The molecular formula is C33H43N5O6S. The van der Waals surface area contributed by atoms with Gasteiger partial charge in [0.1, 0.15) is 18.5 Å². The average Bonchev–Trinajstić information content (AvgIpc) is 3.39. The van der Waals surface area contributed by atoms with Gasteiger partial charge in [-0.3, -0.25) is 14.5 Å². The van der Waals surface area contributed by atoms with Crippen molar-refractivity contribution in [1.82, 2.24) is 19.9 Å². The van der Waals surface area contributed by atoms with Gasteiger partial charge in [0, 0.05) is 31.9 Å². The molecule has 0 saturated carbocycles. The minimum Gasteiger partial charge on any atom is -0.480 e. The maximum absolute atomic E-state index is 13.1. The summed E-state index contributed by atoms with van der Waals surface area (Å²) in [6, 6.07) is 18.1. The van der Waals surface area contributed by atoms with Gasteiger partial charge in [0.05, 0.1) is 11.0 Å². The van der Waals surface area contributed by atoms with E-state index in [2.05, 4.69) is 37.4 Å². The first-order valence-corrected chi connectivity index (χ1v) is 16.6. The van der Waals surface area contributed by atoms with Crippen LogP contribution in [0.3, 0.4) is 0 Å². The van der Waals surface area contributed by atoms with Crippen LogP contribution in [0.25, 0.3) is 0 Å². The molecule has 4 rings (SSSR count). The van der Waals surface area contributed by atoms with Gasteiger partial charge in [-0.15, -0.1) is 0 Å². The second-order valence-electron chi connectivity index (χ2n) is 11.5. The number of ether oxygens (including phenoxy) is 1. The smallest absolute Gasteiger partial charge is 0.323 e. The molecule has 1 aliphatic heterocycles. The van der Waals surface area contributed by atoms with E-state index in [1.165, 1.54) is 5.56 Å². The normalized spacial score (nSPS) is 17.6. The molecule has 0 unspecified atom stereocenters. The van der Waals surface area contributed by atoms with Gasteiger partial charge in [0.2, 0.25) is 15.9 Å². The Morgan fingerprint density at radius 1 is 1.07 bits per heavy atom. The van der Waals surface area contributed by atoms with Crippen LogP contribution < -0.4 is 15.4 Å². The zero-order valence-corrected chi connectivity index (χ0v) is 26.8. The predicted molar refractivity (Wildman–Crippen MR) is 173 cm³/mol. The molecule has 4 N–H and O–H groups in total. The largest absolute Gasteiger partial charge is 0.480 e. The molecule has 0 radical (unpaired) electrons. The van der Waals surface area contributed by atoms with Crippen molar-refractivity contribution in [3.63, 3.8) is 0 Å². The Morgan fingerprint density at radius 3 is 2.44 bits per heavy atom. The highest BCUT2D eigenvalue weighted by atomic mass is 32.2. The summed E-state index contributed by atoms with van der Waals surface area (Å²) in [7, 11) is -4.15. The van der Waals surface area contributed by atoms with E-state index in [0.717, 1.165) is 30.8 Å². The summed E-state index contributed by atoms with van der Waals surface area (Å²) in [6.45, 7) is 6.70. The number of nitrogens with zero attached hydrogens (tertiary/aromatic N) is 2. The van der Waals surface area contributed by atoms with Crippen molar-refractivity contribution in [2.45, 2.75) is 63.1 Å². The standard InChI is InChI=1S/C33H43N5O6S/c1-23-16-24(2)32(25(3)17-23)45(42,43)37-29(33(40)41)20-36-31(39)22-44-28-18-27(19-35-30-13-7-8-14-34-30)38(21-28)15-9-12-26-10-5-4-6-11-26/h4-8,10-11,13-14,16-17,27-29,37H,9,12,15,18-22H2,1-3H3,(H,34,35)(H,36,39)(H,40,41)/t27-,28+,29-/m0/s1. The zero-order valence-electron chi connectivity index (χ0n) is 26.0. The van der Waals surface area contributed by atoms with E-state index in [4.69, 9.17) is 4.74 Å². The van der Waals surface area contributed by atoms with Gasteiger partial charge in [-0.05, 0) is 75.4 Å². The monoisotopic (exact) mass is 637 g/mol. The molecule has 1 aromatic heterocycles. The quantitative estimate of drug-likeness (QED) is 0.186. The highest BCUT2D eigenvalue weighted by molar-refractivity contribution is 7.89. The number of amides is 1. The Hall–Kier alpha value is -3.84. The fourth-order valence-electron chi connectivity index (χ4n) is 5.84. The molecule has 0 bridgehead atoms. The summed E-state index contributed by atoms with van der Waals surface area (Å²) >= 11 is 0. The van der Waals surface area contributed by atoms with Gasteiger partial charge in [-0.1, -0.05) is 54.1 Å². The first kappa shape index (κ1) is 34.0. The highest BCUT2D eigenvalue weighted by Gasteiger charge is 2.33. The Morgan fingerprint density at radius 2 is 1.78 bits per heavy atom. The number of aryl methyl sites for hydroxylation is 4. The average molecular weight is 638 g/mol. The topological polar surface area (TPSA) is 150 Å². The molecule has 1 aliphatic rings. The molecule has 1 saturated heterocycles. The third kappa shape index (κ3) is 10.1. The number of nitrogens with one attached hydrogen (secondary N) is 3. The maximum Gasteiger partial charge on any atom is 0.323 e. The number of carbonyl (C=O) groups is 2. The summed E-state index contributed by atoms with van der Waals surface area (Å²) in [5, 5.41) is 15.6. The number of carbonyl (C=O) groups excluding carboxylic acids is 1.